The van der Waals surface area contributed by atoms with E-state index in [9.17, 15) is 4.39 Å². The first-order valence-electron chi connectivity index (χ1n) is 11.0. The summed E-state index contributed by atoms with van der Waals surface area (Å²) in [6.45, 7) is 2.96. The van der Waals surface area contributed by atoms with Gasteiger partial charge in [-0.1, -0.05) is 11.6 Å². The van der Waals surface area contributed by atoms with Crippen LogP contribution in [0.25, 0.3) is 10.9 Å². The molecule has 1 aliphatic heterocycles. The second-order valence-electron chi connectivity index (χ2n) is 8.68. The molecule has 3 aromatic rings. The summed E-state index contributed by atoms with van der Waals surface area (Å²) in [6.07, 6.45) is 6.33. The molecule has 0 amide bonds. The van der Waals surface area contributed by atoms with Crippen LogP contribution in [0.5, 0.6) is 11.5 Å². The van der Waals surface area contributed by atoms with Gasteiger partial charge in [-0.2, -0.15) is 0 Å². The van der Waals surface area contributed by atoms with Crippen molar-refractivity contribution in [1.29, 1.82) is 0 Å². The lowest BCUT2D eigenvalue weighted by molar-refractivity contribution is 0.281. The Labute approximate surface area is 191 Å². The maximum atomic E-state index is 13.5. The molecule has 168 valence electrons. The van der Waals surface area contributed by atoms with Gasteiger partial charge in [0.05, 0.1) is 24.3 Å². The minimum absolute atomic E-state index is 0.0462. The molecule has 2 unspecified atom stereocenters. The van der Waals surface area contributed by atoms with Gasteiger partial charge in [-0.05, 0) is 67.8 Å². The van der Waals surface area contributed by atoms with Crippen LogP contribution in [0.3, 0.4) is 0 Å². The Morgan fingerprint density at radius 2 is 2.16 bits per heavy atom. The van der Waals surface area contributed by atoms with Crippen LogP contribution in [0.1, 0.15) is 25.7 Å². The fourth-order valence-electron chi connectivity index (χ4n) is 4.78. The number of nitrogens with zero attached hydrogens (tertiary/aromatic N) is 2. The molecule has 1 aromatic heterocycles. The van der Waals surface area contributed by atoms with Crippen molar-refractivity contribution < 1.29 is 13.9 Å². The highest BCUT2D eigenvalue weighted by Crippen LogP contribution is 2.58. The first-order valence-corrected chi connectivity index (χ1v) is 11.3. The summed E-state index contributed by atoms with van der Waals surface area (Å²) < 4.78 is 25.1. The third-order valence-electron chi connectivity index (χ3n) is 6.69. The Morgan fingerprint density at radius 1 is 1.25 bits per heavy atom. The van der Waals surface area contributed by atoms with Crippen molar-refractivity contribution in [2.24, 2.45) is 11.3 Å². The molecular weight excluding hydrogens is 431 g/mol. The van der Waals surface area contributed by atoms with Crippen LogP contribution < -0.4 is 20.1 Å². The molecule has 0 bridgehead atoms. The van der Waals surface area contributed by atoms with Gasteiger partial charge < -0.3 is 20.1 Å². The van der Waals surface area contributed by atoms with Gasteiger partial charge in [0.15, 0.2) is 11.5 Å². The van der Waals surface area contributed by atoms with E-state index in [1.165, 1.54) is 44.3 Å². The van der Waals surface area contributed by atoms with E-state index in [-0.39, 0.29) is 5.02 Å². The van der Waals surface area contributed by atoms with Crippen molar-refractivity contribution in [3.63, 3.8) is 0 Å². The Morgan fingerprint density at radius 3 is 2.94 bits per heavy atom. The highest BCUT2D eigenvalue weighted by atomic mass is 35.5. The monoisotopic (exact) mass is 456 g/mol. The number of fused-ring (bicyclic) bond motifs is 1. The predicted molar refractivity (Wildman–Crippen MR) is 124 cm³/mol. The quantitative estimate of drug-likeness (QED) is 0.446. The van der Waals surface area contributed by atoms with Crippen LogP contribution >= 0.6 is 11.6 Å². The van der Waals surface area contributed by atoms with Crippen LogP contribution in [0.2, 0.25) is 5.02 Å². The summed E-state index contributed by atoms with van der Waals surface area (Å²) in [6, 6.07) is 8.19. The average Bonchev–Trinajstić information content (AvgIpc) is 3.24. The number of benzene rings is 2. The summed E-state index contributed by atoms with van der Waals surface area (Å²) in [5, 5.41) is 7.51. The zero-order chi connectivity index (χ0) is 22.1. The number of aromatic nitrogens is 2. The molecule has 1 saturated heterocycles. The SMILES string of the molecule is COc1cc2ncnc(Nc3ccc(F)c(Cl)c3)c2cc1OCCCC1CC12CCNC2. The highest BCUT2D eigenvalue weighted by Gasteiger charge is 2.54. The number of ether oxygens (including phenoxy) is 2. The lowest BCUT2D eigenvalue weighted by Crippen LogP contribution is -2.11. The lowest BCUT2D eigenvalue weighted by Gasteiger charge is -2.14. The molecule has 0 radical (unpaired) electrons. The molecule has 1 aliphatic carbocycles. The second-order valence-corrected chi connectivity index (χ2v) is 9.08. The third kappa shape index (κ3) is 4.19. The Kier molecular flexibility index (Phi) is 5.78. The van der Waals surface area contributed by atoms with Gasteiger partial charge in [-0.25, -0.2) is 14.4 Å². The Bertz CT molecular complexity index is 1140. The molecule has 6 nitrogen and oxygen atoms in total. The molecule has 2 fully saturated rings. The smallest absolute Gasteiger partial charge is 0.162 e. The van der Waals surface area contributed by atoms with Crippen LogP contribution in [0.15, 0.2) is 36.7 Å². The standard InChI is InChI=1S/C24H26ClFN4O2/c1-31-21-11-20-17(23(29-14-28-20)30-16-4-5-19(26)18(25)9-16)10-22(21)32-8-2-3-15-12-24(15)6-7-27-13-24/h4-5,9-11,14-15,27H,2-3,6-8,12-13H2,1H3,(H,28,29,30). The van der Waals surface area contributed by atoms with Crippen LogP contribution in [0, 0.1) is 17.2 Å². The number of halogens is 2. The molecule has 5 rings (SSSR count). The van der Waals surface area contributed by atoms with Gasteiger partial charge in [0.2, 0.25) is 0 Å². The van der Waals surface area contributed by atoms with E-state index in [0.29, 0.717) is 40.5 Å². The molecule has 32 heavy (non-hydrogen) atoms. The Hall–Kier alpha value is -2.64. The van der Waals surface area contributed by atoms with Crippen LogP contribution in [-0.2, 0) is 0 Å². The predicted octanol–water partition coefficient (Wildman–Crippen LogP) is 5.33. The fourth-order valence-corrected chi connectivity index (χ4v) is 4.96. The van der Waals surface area contributed by atoms with Gasteiger partial charge in [-0.15, -0.1) is 0 Å². The summed E-state index contributed by atoms with van der Waals surface area (Å²) in [5.41, 5.74) is 1.92. The molecule has 2 heterocycles. The largest absolute Gasteiger partial charge is 0.493 e. The summed E-state index contributed by atoms with van der Waals surface area (Å²) in [4.78, 5) is 8.71. The minimum atomic E-state index is -0.466. The van der Waals surface area contributed by atoms with E-state index in [1.54, 1.807) is 13.2 Å². The van der Waals surface area contributed by atoms with Crippen LogP contribution in [0.4, 0.5) is 15.9 Å². The molecule has 2 atom stereocenters. The van der Waals surface area contributed by atoms with E-state index >= 15 is 0 Å². The maximum Gasteiger partial charge on any atom is 0.162 e. The zero-order valence-electron chi connectivity index (χ0n) is 18.0. The number of nitrogens with one attached hydrogen (secondary N) is 2. The second kappa shape index (κ2) is 8.71. The number of hydrogen-bond acceptors (Lipinski definition) is 6. The van der Waals surface area contributed by atoms with E-state index in [2.05, 4.69) is 20.6 Å². The molecule has 1 spiro atoms. The molecule has 2 aromatic carbocycles. The van der Waals surface area contributed by atoms with Crippen molar-refractivity contribution >= 4 is 34.0 Å². The van der Waals surface area contributed by atoms with Gasteiger partial charge >= 0.3 is 0 Å². The topological polar surface area (TPSA) is 68.3 Å². The number of methoxy groups -OCH3 is 1. The van der Waals surface area contributed by atoms with E-state index in [0.717, 1.165) is 24.3 Å². The van der Waals surface area contributed by atoms with Crippen molar-refractivity contribution in [2.75, 3.05) is 32.1 Å². The van der Waals surface area contributed by atoms with Gasteiger partial charge in [0.25, 0.3) is 0 Å². The normalized spacial score (nSPS) is 21.8. The molecule has 2 N–H and O–H groups in total. The maximum absolute atomic E-state index is 13.5. The third-order valence-corrected chi connectivity index (χ3v) is 6.98. The number of hydrogen-bond donors (Lipinski definition) is 2. The zero-order valence-corrected chi connectivity index (χ0v) is 18.7. The van der Waals surface area contributed by atoms with Gasteiger partial charge in [0.1, 0.15) is 18.0 Å². The van der Waals surface area contributed by atoms with E-state index < -0.39 is 5.82 Å². The number of anilines is 2. The first kappa shape index (κ1) is 21.2. The van der Waals surface area contributed by atoms with E-state index in [4.69, 9.17) is 21.1 Å². The average molecular weight is 457 g/mol. The van der Waals surface area contributed by atoms with Gasteiger partial charge in [-0.3, -0.25) is 0 Å². The minimum Gasteiger partial charge on any atom is -0.493 e. The van der Waals surface area contributed by atoms with Gasteiger partial charge in [0, 0.05) is 23.7 Å². The van der Waals surface area contributed by atoms with Crippen molar-refractivity contribution in [3.8, 4) is 11.5 Å². The summed E-state index contributed by atoms with van der Waals surface area (Å²) >= 11 is 5.91. The Balaban J connectivity index is 1.30. The molecule has 2 aliphatic rings. The lowest BCUT2D eigenvalue weighted by atomic mass is 10.0. The van der Waals surface area contributed by atoms with Crippen molar-refractivity contribution in [1.82, 2.24) is 15.3 Å². The molecule has 8 heteroatoms. The van der Waals surface area contributed by atoms with Crippen molar-refractivity contribution in [3.05, 3.63) is 47.5 Å². The van der Waals surface area contributed by atoms with Crippen LogP contribution in [-0.4, -0.2) is 36.8 Å². The fraction of sp³-hybridized carbons (Fsp3) is 0.417. The highest BCUT2D eigenvalue weighted by molar-refractivity contribution is 6.31. The summed E-state index contributed by atoms with van der Waals surface area (Å²) in [5.74, 6) is 2.23. The molecular formula is C24H26ClFN4O2. The summed E-state index contributed by atoms with van der Waals surface area (Å²) in [7, 11) is 1.62. The van der Waals surface area contributed by atoms with Crippen molar-refractivity contribution in [2.45, 2.75) is 25.7 Å². The first-order chi connectivity index (χ1) is 15.6. The molecule has 1 saturated carbocycles. The number of rotatable bonds is 8. The van der Waals surface area contributed by atoms with E-state index in [1.807, 2.05) is 12.1 Å².